The Morgan fingerprint density at radius 3 is 2.35 bits per heavy atom. The average molecular weight is 281 g/mol. The molecule has 2 aromatic rings. The molecule has 0 saturated carbocycles. The molecule has 0 atom stereocenters. The molecule has 0 amide bonds. The third kappa shape index (κ3) is 2.72. The van der Waals surface area contributed by atoms with Crippen LogP contribution in [0.2, 0.25) is 0 Å². The summed E-state index contributed by atoms with van der Waals surface area (Å²) in [5.41, 5.74) is -0.0818. The summed E-state index contributed by atoms with van der Waals surface area (Å²) in [4.78, 5) is 9.92. The summed E-state index contributed by atoms with van der Waals surface area (Å²) in [6, 6.07) is 7.26. The van der Waals surface area contributed by atoms with Gasteiger partial charge in [-0.25, -0.2) is 4.39 Å². The SMILES string of the molecule is O=[N+]([O-])c1ccc(F)c(F)c1Oc1ccc(CO)cc1. The topological polar surface area (TPSA) is 72.6 Å². The molecule has 0 radical (unpaired) electrons. The maximum atomic E-state index is 13.6. The van der Waals surface area contributed by atoms with Gasteiger partial charge in [-0.2, -0.15) is 4.39 Å². The quantitative estimate of drug-likeness (QED) is 0.690. The molecule has 20 heavy (non-hydrogen) atoms. The summed E-state index contributed by atoms with van der Waals surface area (Å²) in [5, 5.41) is 19.7. The summed E-state index contributed by atoms with van der Waals surface area (Å²) in [5.74, 6) is -3.36. The van der Waals surface area contributed by atoms with Crippen LogP contribution in [0.5, 0.6) is 11.5 Å². The molecule has 0 unspecified atom stereocenters. The van der Waals surface area contributed by atoms with E-state index in [1.807, 2.05) is 0 Å². The molecule has 2 aromatic carbocycles. The first kappa shape index (κ1) is 13.9. The lowest BCUT2D eigenvalue weighted by Gasteiger charge is -2.08. The Balaban J connectivity index is 2.40. The van der Waals surface area contributed by atoms with Gasteiger partial charge in [0.05, 0.1) is 11.5 Å². The van der Waals surface area contributed by atoms with E-state index in [9.17, 15) is 18.9 Å². The Labute approximate surface area is 112 Å². The van der Waals surface area contributed by atoms with Gasteiger partial charge >= 0.3 is 5.69 Å². The Bertz CT molecular complexity index is 644. The van der Waals surface area contributed by atoms with Crippen molar-refractivity contribution in [1.82, 2.24) is 0 Å². The van der Waals surface area contributed by atoms with E-state index in [0.717, 1.165) is 6.07 Å². The fourth-order valence-electron chi connectivity index (χ4n) is 1.54. The van der Waals surface area contributed by atoms with Crippen molar-refractivity contribution in [2.45, 2.75) is 6.61 Å². The number of aliphatic hydroxyl groups is 1. The lowest BCUT2D eigenvalue weighted by Crippen LogP contribution is -1.98. The van der Waals surface area contributed by atoms with Crippen LogP contribution in [-0.4, -0.2) is 10.0 Å². The largest absolute Gasteiger partial charge is 0.447 e. The fourth-order valence-corrected chi connectivity index (χ4v) is 1.54. The highest BCUT2D eigenvalue weighted by molar-refractivity contribution is 5.49. The van der Waals surface area contributed by atoms with Crippen molar-refractivity contribution in [2.24, 2.45) is 0 Å². The molecule has 0 fully saturated rings. The molecular formula is C13H9F2NO4. The Kier molecular flexibility index (Phi) is 3.90. The number of aliphatic hydroxyl groups excluding tert-OH is 1. The molecule has 0 spiro atoms. The van der Waals surface area contributed by atoms with Gasteiger partial charge in [0.25, 0.3) is 0 Å². The summed E-state index contributed by atoms with van der Waals surface area (Å²) < 4.78 is 31.8. The zero-order chi connectivity index (χ0) is 14.7. The first-order valence-corrected chi connectivity index (χ1v) is 5.53. The van der Waals surface area contributed by atoms with Gasteiger partial charge in [-0.05, 0) is 23.8 Å². The molecule has 104 valence electrons. The van der Waals surface area contributed by atoms with E-state index in [2.05, 4.69) is 0 Å². The number of benzene rings is 2. The summed E-state index contributed by atoms with van der Waals surface area (Å²) in [6.45, 7) is -0.186. The first-order valence-electron chi connectivity index (χ1n) is 5.53. The third-order valence-electron chi connectivity index (χ3n) is 2.55. The molecule has 0 aliphatic rings. The normalized spacial score (nSPS) is 10.3. The van der Waals surface area contributed by atoms with E-state index < -0.39 is 28.0 Å². The number of nitro benzene ring substituents is 1. The monoisotopic (exact) mass is 281 g/mol. The molecule has 0 saturated heterocycles. The highest BCUT2D eigenvalue weighted by atomic mass is 19.2. The van der Waals surface area contributed by atoms with Crippen LogP contribution in [0.4, 0.5) is 14.5 Å². The van der Waals surface area contributed by atoms with Crippen molar-refractivity contribution in [3.8, 4) is 11.5 Å². The second-order valence-electron chi connectivity index (χ2n) is 3.87. The molecule has 0 aliphatic carbocycles. The van der Waals surface area contributed by atoms with E-state index in [1.54, 1.807) is 0 Å². The number of rotatable bonds is 4. The Morgan fingerprint density at radius 1 is 1.15 bits per heavy atom. The van der Waals surface area contributed by atoms with Gasteiger partial charge in [-0.15, -0.1) is 0 Å². The van der Waals surface area contributed by atoms with E-state index in [4.69, 9.17) is 9.84 Å². The zero-order valence-electron chi connectivity index (χ0n) is 10.0. The minimum Gasteiger partial charge on any atom is -0.447 e. The molecular weight excluding hydrogens is 272 g/mol. The second kappa shape index (κ2) is 5.62. The fraction of sp³-hybridized carbons (Fsp3) is 0.0769. The standard InChI is InChI=1S/C13H9F2NO4/c14-10-5-6-11(16(18)19)13(12(10)15)20-9-3-1-8(7-17)2-4-9/h1-6,17H,7H2. The van der Waals surface area contributed by atoms with Gasteiger partial charge in [-0.1, -0.05) is 12.1 Å². The van der Waals surface area contributed by atoms with E-state index >= 15 is 0 Å². The highest BCUT2D eigenvalue weighted by Crippen LogP contribution is 2.35. The van der Waals surface area contributed by atoms with Crippen LogP contribution in [-0.2, 0) is 6.61 Å². The van der Waals surface area contributed by atoms with Crippen LogP contribution >= 0.6 is 0 Å². The number of nitro groups is 1. The highest BCUT2D eigenvalue weighted by Gasteiger charge is 2.23. The third-order valence-corrected chi connectivity index (χ3v) is 2.55. The van der Waals surface area contributed by atoms with Crippen molar-refractivity contribution in [3.05, 3.63) is 63.7 Å². The number of ether oxygens (including phenoxy) is 1. The van der Waals surface area contributed by atoms with E-state index in [-0.39, 0.29) is 12.4 Å². The number of halogens is 2. The molecule has 7 heteroatoms. The minimum atomic E-state index is -1.43. The predicted octanol–water partition coefficient (Wildman–Crippen LogP) is 3.16. The lowest BCUT2D eigenvalue weighted by molar-refractivity contribution is -0.385. The van der Waals surface area contributed by atoms with Crippen molar-refractivity contribution in [1.29, 1.82) is 0 Å². The van der Waals surface area contributed by atoms with E-state index in [0.29, 0.717) is 11.6 Å². The smallest absolute Gasteiger partial charge is 0.314 e. The number of nitrogens with zero attached hydrogens (tertiary/aromatic N) is 1. The van der Waals surface area contributed by atoms with Gasteiger partial charge in [0.2, 0.25) is 11.6 Å². The van der Waals surface area contributed by atoms with Crippen LogP contribution in [0.25, 0.3) is 0 Å². The molecule has 0 aliphatic heterocycles. The second-order valence-corrected chi connectivity index (χ2v) is 3.87. The Hall–Kier alpha value is -2.54. The van der Waals surface area contributed by atoms with Crippen molar-refractivity contribution < 1.29 is 23.5 Å². The van der Waals surface area contributed by atoms with Gasteiger partial charge in [0.1, 0.15) is 5.75 Å². The minimum absolute atomic E-state index is 0.0924. The molecule has 2 rings (SSSR count). The van der Waals surface area contributed by atoms with Crippen molar-refractivity contribution >= 4 is 5.69 Å². The van der Waals surface area contributed by atoms with Gasteiger partial charge in [0, 0.05) is 6.07 Å². The summed E-state index contributed by atoms with van der Waals surface area (Å²) >= 11 is 0. The predicted molar refractivity (Wildman–Crippen MR) is 65.5 cm³/mol. The number of hydrogen-bond acceptors (Lipinski definition) is 4. The molecule has 0 heterocycles. The van der Waals surface area contributed by atoms with Crippen LogP contribution in [0.15, 0.2) is 36.4 Å². The van der Waals surface area contributed by atoms with Gasteiger partial charge < -0.3 is 9.84 Å². The maximum absolute atomic E-state index is 13.6. The van der Waals surface area contributed by atoms with Crippen molar-refractivity contribution in [2.75, 3.05) is 0 Å². The Morgan fingerprint density at radius 2 is 1.80 bits per heavy atom. The van der Waals surface area contributed by atoms with Crippen LogP contribution in [0.1, 0.15) is 5.56 Å². The summed E-state index contributed by atoms with van der Waals surface area (Å²) in [7, 11) is 0. The molecule has 0 aromatic heterocycles. The van der Waals surface area contributed by atoms with Crippen LogP contribution < -0.4 is 4.74 Å². The van der Waals surface area contributed by atoms with Crippen LogP contribution in [0.3, 0.4) is 0 Å². The number of hydrogen-bond donors (Lipinski definition) is 1. The van der Waals surface area contributed by atoms with Gasteiger partial charge in [0.15, 0.2) is 5.82 Å². The van der Waals surface area contributed by atoms with Gasteiger partial charge in [-0.3, -0.25) is 10.1 Å². The molecule has 1 N–H and O–H groups in total. The average Bonchev–Trinajstić information content (AvgIpc) is 2.44. The first-order chi connectivity index (χ1) is 9.52. The van der Waals surface area contributed by atoms with Crippen LogP contribution in [0, 0.1) is 21.7 Å². The van der Waals surface area contributed by atoms with E-state index in [1.165, 1.54) is 24.3 Å². The zero-order valence-corrected chi connectivity index (χ0v) is 10.0. The molecule has 0 bridgehead atoms. The maximum Gasteiger partial charge on any atom is 0.314 e. The lowest BCUT2D eigenvalue weighted by atomic mass is 10.2. The van der Waals surface area contributed by atoms with Crippen molar-refractivity contribution in [3.63, 3.8) is 0 Å². The summed E-state index contributed by atoms with van der Waals surface area (Å²) in [6.07, 6.45) is 0. The molecule has 5 nitrogen and oxygen atoms in total.